The molecule has 0 saturated carbocycles. The molecule has 3 rings (SSSR count). The van der Waals surface area contributed by atoms with Crippen molar-refractivity contribution in [3.8, 4) is 0 Å². The van der Waals surface area contributed by atoms with Crippen molar-refractivity contribution < 1.29 is 14.3 Å². The zero-order chi connectivity index (χ0) is 13.0. The Hall–Kier alpha value is -1.38. The molecular weight excluding hydrogens is 228 g/mol. The van der Waals surface area contributed by atoms with Crippen molar-refractivity contribution in [1.29, 1.82) is 0 Å². The van der Waals surface area contributed by atoms with E-state index in [1.165, 1.54) is 5.57 Å². The molecule has 2 aliphatic carbocycles. The first-order valence-electron chi connectivity index (χ1n) is 6.63. The van der Waals surface area contributed by atoms with Crippen LogP contribution in [0.1, 0.15) is 33.6 Å². The molecule has 0 aromatic heterocycles. The normalized spacial score (nSPS) is 39.2. The fraction of sp³-hybridized carbons (Fsp3) is 0.600. The number of rotatable bonds is 0. The van der Waals surface area contributed by atoms with Crippen molar-refractivity contribution >= 4 is 11.8 Å². The molecule has 3 nitrogen and oxygen atoms in total. The van der Waals surface area contributed by atoms with Crippen molar-refractivity contribution in [2.24, 2.45) is 17.8 Å². The van der Waals surface area contributed by atoms with E-state index in [1.807, 2.05) is 20.8 Å². The Morgan fingerprint density at radius 2 is 2.00 bits per heavy atom. The molecule has 0 unspecified atom stereocenters. The van der Waals surface area contributed by atoms with Gasteiger partial charge in [0.15, 0.2) is 5.78 Å². The third-order valence-corrected chi connectivity index (χ3v) is 4.76. The predicted molar refractivity (Wildman–Crippen MR) is 66.7 cm³/mol. The molecule has 1 saturated heterocycles. The van der Waals surface area contributed by atoms with Gasteiger partial charge in [0.1, 0.15) is 6.10 Å². The Balaban J connectivity index is 2.07. The fourth-order valence-corrected chi connectivity index (χ4v) is 3.69. The number of hydrogen-bond acceptors (Lipinski definition) is 3. The number of esters is 1. The molecule has 1 heterocycles. The lowest BCUT2D eigenvalue weighted by atomic mass is 9.81. The summed E-state index contributed by atoms with van der Waals surface area (Å²) in [5.74, 6) is 0.246. The van der Waals surface area contributed by atoms with Crippen LogP contribution in [0.5, 0.6) is 0 Å². The van der Waals surface area contributed by atoms with Gasteiger partial charge in [-0.2, -0.15) is 0 Å². The Labute approximate surface area is 107 Å². The number of ether oxygens (including phenoxy) is 1. The second-order valence-electron chi connectivity index (χ2n) is 5.82. The van der Waals surface area contributed by atoms with Crippen LogP contribution in [0.15, 0.2) is 22.8 Å². The van der Waals surface area contributed by atoms with Gasteiger partial charge < -0.3 is 4.74 Å². The van der Waals surface area contributed by atoms with Crippen LogP contribution >= 0.6 is 0 Å². The van der Waals surface area contributed by atoms with Gasteiger partial charge in [-0.15, -0.1) is 0 Å². The van der Waals surface area contributed by atoms with E-state index in [1.54, 1.807) is 6.08 Å². The van der Waals surface area contributed by atoms with Crippen LogP contribution in [0.3, 0.4) is 0 Å². The minimum atomic E-state index is -0.123. The van der Waals surface area contributed by atoms with Crippen LogP contribution in [0, 0.1) is 17.8 Å². The first-order chi connectivity index (χ1) is 8.50. The Morgan fingerprint density at radius 1 is 1.28 bits per heavy atom. The van der Waals surface area contributed by atoms with Crippen molar-refractivity contribution in [3.05, 3.63) is 22.8 Å². The third-order valence-electron chi connectivity index (χ3n) is 4.76. The van der Waals surface area contributed by atoms with E-state index in [9.17, 15) is 9.59 Å². The second kappa shape index (κ2) is 3.81. The first-order valence-corrected chi connectivity index (χ1v) is 6.63. The molecule has 1 aliphatic heterocycles. The van der Waals surface area contributed by atoms with Crippen LogP contribution in [-0.2, 0) is 14.3 Å². The molecule has 1 fully saturated rings. The molecule has 0 bridgehead atoms. The summed E-state index contributed by atoms with van der Waals surface area (Å²) in [6.45, 7) is 5.96. The quantitative estimate of drug-likeness (QED) is 0.616. The van der Waals surface area contributed by atoms with E-state index in [0.29, 0.717) is 0 Å². The molecule has 0 spiro atoms. The van der Waals surface area contributed by atoms with Gasteiger partial charge in [-0.25, -0.2) is 0 Å². The van der Waals surface area contributed by atoms with E-state index in [2.05, 4.69) is 0 Å². The second-order valence-corrected chi connectivity index (χ2v) is 5.82. The maximum Gasteiger partial charge on any atom is 0.309 e. The van der Waals surface area contributed by atoms with Gasteiger partial charge in [0.05, 0.1) is 5.92 Å². The van der Waals surface area contributed by atoms with Crippen LogP contribution < -0.4 is 0 Å². The van der Waals surface area contributed by atoms with Crippen molar-refractivity contribution in [2.45, 2.75) is 39.7 Å². The Bertz CT molecular complexity index is 498. The van der Waals surface area contributed by atoms with Gasteiger partial charge >= 0.3 is 5.97 Å². The maximum atomic E-state index is 12.1. The summed E-state index contributed by atoms with van der Waals surface area (Å²) < 4.78 is 5.57. The van der Waals surface area contributed by atoms with E-state index >= 15 is 0 Å². The molecule has 4 atom stereocenters. The van der Waals surface area contributed by atoms with Gasteiger partial charge in [0.2, 0.25) is 0 Å². The zero-order valence-corrected chi connectivity index (χ0v) is 11.0. The highest BCUT2D eigenvalue weighted by Crippen LogP contribution is 2.47. The summed E-state index contributed by atoms with van der Waals surface area (Å²) in [6, 6.07) is 0. The van der Waals surface area contributed by atoms with Crippen LogP contribution in [-0.4, -0.2) is 17.9 Å². The first kappa shape index (κ1) is 11.7. The zero-order valence-electron chi connectivity index (χ0n) is 11.0. The number of allylic oxidation sites excluding steroid dienone is 2. The number of hydrogen-bond donors (Lipinski definition) is 0. The van der Waals surface area contributed by atoms with Crippen LogP contribution in [0.2, 0.25) is 0 Å². The maximum absolute atomic E-state index is 12.1. The number of carbonyl (C=O) groups excluding carboxylic acids is 2. The van der Waals surface area contributed by atoms with Crippen LogP contribution in [0.4, 0.5) is 0 Å². The SMILES string of the molecule is CC1=CC(=O)C2=C(C)CC[C@@H]3[C@@H](OC(=O)[C@@H]3C)[C@H]12. The third kappa shape index (κ3) is 1.43. The number of ketones is 1. The molecule has 0 amide bonds. The van der Waals surface area contributed by atoms with E-state index in [-0.39, 0.29) is 35.6 Å². The highest BCUT2D eigenvalue weighted by atomic mass is 16.6. The molecule has 0 aromatic carbocycles. The molecule has 0 N–H and O–H groups in total. The molecule has 0 radical (unpaired) electrons. The van der Waals surface area contributed by atoms with Crippen molar-refractivity contribution in [2.75, 3.05) is 0 Å². The lowest BCUT2D eigenvalue weighted by Gasteiger charge is -2.24. The summed E-state index contributed by atoms with van der Waals surface area (Å²) in [7, 11) is 0. The minimum Gasteiger partial charge on any atom is -0.461 e. The summed E-state index contributed by atoms with van der Waals surface area (Å²) in [6.07, 6.45) is 3.44. The molecule has 3 heteroatoms. The fourth-order valence-electron chi connectivity index (χ4n) is 3.69. The van der Waals surface area contributed by atoms with E-state index in [0.717, 1.165) is 24.0 Å². The summed E-state index contributed by atoms with van der Waals surface area (Å²) in [5, 5.41) is 0. The average molecular weight is 246 g/mol. The predicted octanol–water partition coefficient (Wildman–Crippen LogP) is 2.42. The molecule has 3 aliphatic rings. The monoisotopic (exact) mass is 246 g/mol. The van der Waals surface area contributed by atoms with E-state index in [4.69, 9.17) is 4.74 Å². The average Bonchev–Trinajstić information content (AvgIpc) is 2.68. The summed E-state index contributed by atoms with van der Waals surface area (Å²) in [5.41, 5.74) is 3.12. The van der Waals surface area contributed by atoms with Crippen LogP contribution in [0.25, 0.3) is 0 Å². The molecule has 0 aromatic rings. The van der Waals surface area contributed by atoms with Crippen molar-refractivity contribution in [3.63, 3.8) is 0 Å². The molecular formula is C15H18O3. The van der Waals surface area contributed by atoms with Gasteiger partial charge in [-0.3, -0.25) is 9.59 Å². The smallest absolute Gasteiger partial charge is 0.309 e. The highest BCUT2D eigenvalue weighted by Gasteiger charge is 2.50. The minimum absolute atomic E-state index is 0.0129. The largest absolute Gasteiger partial charge is 0.461 e. The summed E-state index contributed by atoms with van der Waals surface area (Å²) in [4.78, 5) is 23.8. The Kier molecular flexibility index (Phi) is 2.47. The van der Waals surface area contributed by atoms with Gasteiger partial charge in [0.25, 0.3) is 0 Å². The van der Waals surface area contributed by atoms with Gasteiger partial charge in [-0.1, -0.05) is 18.1 Å². The summed E-state index contributed by atoms with van der Waals surface area (Å²) >= 11 is 0. The van der Waals surface area contributed by atoms with E-state index < -0.39 is 0 Å². The lowest BCUT2D eigenvalue weighted by molar-refractivity contribution is -0.144. The van der Waals surface area contributed by atoms with Gasteiger partial charge in [0, 0.05) is 17.4 Å². The highest BCUT2D eigenvalue weighted by molar-refractivity contribution is 6.09. The molecule has 18 heavy (non-hydrogen) atoms. The number of carbonyl (C=O) groups is 2. The molecule has 96 valence electrons. The van der Waals surface area contributed by atoms with Crippen molar-refractivity contribution in [1.82, 2.24) is 0 Å². The lowest BCUT2D eigenvalue weighted by Crippen LogP contribution is -2.28. The standard InChI is InChI=1S/C15H18O3/c1-7-4-5-10-9(3)15(17)18-14(10)13-8(2)6-11(16)12(7)13/h6,9-10,13-14H,4-5H2,1-3H3/t9-,10+,13-,14-/m1/s1. The topological polar surface area (TPSA) is 43.4 Å². The Morgan fingerprint density at radius 3 is 2.72 bits per heavy atom. The van der Waals surface area contributed by atoms with Gasteiger partial charge in [-0.05, 0) is 32.8 Å². The number of fused-ring (bicyclic) bond motifs is 3.